The van der Waals surface area contributed by atoms with Gasteiger partial charge in [-0.25, -0.2) is 4.98 Å². The maximum atomic E-state index is 9.18. The highest BCUT2D eigenvalue weighted by Gasteiger charge is 2.11. The largest absolute Gasteiger partial charge is 0.362 e. The monoisotopic (exact) mass is 271 g/mol. The highest BCUT2D eigenvalue weighted by atomic mass is 35.5. The summed E-state index contributed by atoms with van der Waals surface area (Å²) in [6.45, 7) is 3.91. The van der Waals surface area contributed by atoms with E-state index in [0.29, 0.717) is 16.4 Å². The number of aryl methyl sites for hydroxylation is 1. The van der Waals surface area contributed by atoms with Gasteiger partial charge in [0.25, 0.3) is 0 Å². The number of aromatic nitrogens is 1. The number of nitriles is 1. The second-order valence-electron chi connectivity index (χ2n) is 4.38. The van der Waals surface area contributed by atoms with Crippen LogP contribution < -0.4 is 5.32 Å². The van der Waals surface area contributed by atoms with E-state index in [1.54, 1.807) is 6.20 Å². The summed E-state index contributed by atoms with van der Waals surface area (Å²) >= 11 is 5.98. The number of hydrogen-bond acceptors (Lipinski definition) is 3. The van der Waals surface area contributed by atoms with Crippen LogP contribution >= 0.6 is 11.6 Å². The fourth-order valence-corrected chi connectivity index (χ4v) is 2.07. The van der Waals surface area contributed by atoms with Gasteiger partial charge in [0.15, 0.2) is 0 Å². The van der Waals surface area contributed by atoms with Gasteiger partial charge in [-0.2, -0.15) is 5.26 Å². The van der Waals surface area contributed by atoms with Gasteiger partial charge >= 0.3 is 0 Å². The molecule has 1 atom stereocenters. The summed E-state index contributed by atoms with van der Waals surface area (Å²) in [7, 11) is 0. The van der Waals surface area contributed by atoms with E-state index in [-0.39, 0.29) is 6.04 Å². The van der Waals surface area contributed by atoms with Crippen LogP contribution in [-0.2, 0) is 0 Å². The van der Waals surface area contributed by atoms with Crippen LogP contribution in [0.5, 0.6) is 0 Å². The summed E-state index contributed by atoms with van der Waals surface area (Å²) in [6.07, 6.45) is 1.70. The van der Waals surface area contributed by atoms with E-state index in [0.717, 1.165) is 11.1 Å². The molecule has 2 rings (SSSR count). The van der Waals surface area contributed by atoms with Gasteiger partial charge in [-0.1, -0.05) is 23.7 Å². The number of pyridine rings is 1. The Kier molecular flexibility index (Phi) is 4.03. The summed E-state index contributed by atoms with van der Waals surface area (Å²) < 4.78 is 0. The van der Waals surface area contributed by atoms with Gasteiger partial charge in [0.2, 0.25) is 0 Å². The van der Waals surface area contributed by atoms with Crippen LogP contribution in [-0.4, -0.2) is 4.98 Å². The van der Waals surface area contributed by atoms with E-state index in [2.05, 4.69) is 16.4 Å². The molecule has 0 saturated heterocycles. The Hall–Kier alpha value is -2.05. The third-order valence-electron chi connectivity index (χ3n) is 2.97. The molecule has 1 N–H and O–H groups in total. The SMILES string of the molecule is Cc1ccnc(NC(C)c2cccc(Cl)c2)c1C#N. The van der Waals surface area contributed by atoms with Crippen molar-refractivity contribution < 1.29 is 0 Å². The molecule has 1 heterocycles. The lowest BCUT2D eigenvalue weighted by atomic mass is 10.1. The van der Waals surface area contributed by atoms with Crippen molar-refractivity contribution >= 4 is 17.4 Å². The van der Waals surface area contributed by atoms with Crippen LogP contribution in [0.25, 0.3) is 0 Å². The first-order valence-corrected chi connectivity index (χ1v) is 6.37. The highest BCUT2D eigenvalue weighted by molar-refractivity contribution is 6.30. The van der Waals surface area contributed by atoms with Gasteiger partial charge in [0.1, 0.15) is 11.9 Å². The van der Waals surface area contributed by atoms with Crippen LogP contribution in [0, 0.1) is 18.3 Å². The molecule has 2 aromatic rings. The molecule has 0 bridgehead atoms. The molecule has 19 heavy (non-hydrogen) atoms. The lowest BCUT2D eigenvalue weighted by Gasteiger charge is -2.16. The predicted molar refractivity (Wildman–Crippen MR) is 77.2 cm³/mol. The zero-order valence-corrected chi connectivity index (χ0v) is 11.6. The molecular formula is C15H14ClN3. The van der Waals surface area contributed by atoms with E-state index in [1.165, 1.54) is 0 Å². The molecule has 0 radical (unpaired) electrons. The molecular weight excluding hydrogens is 258 g/mol. The quantitative estimate of drug-likeness (QED) is 0.915. The molecule has 0 aliphatic carbocycles. The molecule has 3 nitrogen and oxygen atoms in total. The lowest BCUT2D eigenvalue weighted by molar-refractivity contribution is 0.873. The van der Waals surface area contributed by atoms with Gasteiger partial charge < -0.3 is 5.32 Å². The third-order valence-corrected chi connectivity index (χ3v) is 3.21. The molecule has 0 spiro atoms. The third kappa shape index (κ3) is 3.04. The topological polar surface area (TPSA) is 48.7 Å². The van der Waals surface area contributed by atoms with Gasteiger partial charge in [-0.3, -0.25) is 0 Å². The summed E-state index contributed by atoms with van der Waals surface area (Å²) in [5.41, 5.74) is 2.55. The van der Waals surface area contributed by atoms with Crippen LogP contribution in [0.15, 0.2) is 36.5 Å². The summed E-state index contributed by atoms with van der Waals surface area (Å²) in [4.78, 5) is 4.23. The van der Waals surface area contributed by atoms with Crippen molar-refractivity contribution in [1.29, 1.82) is 5.26 Å². The van der Waals surface area contributed by atoms with Gasteiger partial charge in [0.05, 0.1) is 11.6 Å². The molecule has 0 aliphatic heterocycles. The molecule has 0 saturated carbocycles. The number of rotatable bonds is 3. The Morgan fingerprint density at radius 3 is 2.84 bits per heavy atom. The van der Waals surface area contributed by atoms with E-state index < -0.39 is 0 Å². The summed E-state index contributed by atoms with van der Waals surface area (Å²) in [5, 5.41) is 13.1. The molecule has 1 aromatic carbocycles. The predicted octanol–water partition coefficient (Wildman–Crippen LogP) is 4.09. The molecule has 1 unspecified atom stereocenters. The van der Waals surface area contributed by atoms with Gasteiger partial charge in [-0.15, -0.1) is 0 Å². The number of benzene rings is 1. The molecule has 1 aromatic heterocycles. The zero-order chi connectivity index (χ0) is 13.8. The van der Waals surface area contributed by atoms with Crippen LogP contribution in [0.2, 0.25) is 5.02 Å². The van der Waals surface area contributed by atoms with Crippen molar-refractivity contribution in [2.45, 2.75) is 19.9 Å². The minimum atomic E-state index is 0.0279. The van der Waals surface area contributed by atoms with Crippen molar-refractivity contribution in [2.75, 3.05) is 5.32 Å². The Morgan fingerprint density at radius 1 is 1.37 bits per heavy atom. The minimum absolute atomic E-state index is 0.0279. The van der Waals surface area contributed by atoms with E-state index in [1.807, 2.05) is 44.2 Å². The van der Waals surface area contributed by atoms with Crippen molar-refractivity contribution in [1.82, 2.24) is 4.98 Å². The van der Waals surface area contributed by atoms with Crippen LogP contribution in [0.3, 0.4) is 0 Å². The van der Waals surface area contributed by atoms with E-state index in [9.17, 15) is 5.26 Å². The second kappa shape index (κ2) is 5.73. The minimum Gasteiger partial charge on any atom is -0.362 e. The Balaban J connectivity index is 2.27. The summed E-state index contributed by atoms with van der Waals surface area (Å²) in [5.74, 6) is 0.606. The standard InChI is InChI=1S/C15H14ClN3/c1-10-6-7-18-15(14(10)9-17)19-11(2)12-4-3-5-13(16)8-12/h3-8,11H,1-2H3,(H,18,19). The number of anilines is 1. The first-order chi connectivity index (χ1) is 9.11. The first kappa shape index (κ1) is 13.4. The number of nitrogens with one attached hydrogen (secondary N) is 1. The van der Waals surface area contributed by atoms with Crippen LogP contribution in [0.4, 0.5) is 5.82 Å². The Bertz CT molecular complexity index is 632. The van der Waals surface area contributed by atoms with Crippen molar-refractivity contribution in [2.24, 2.45) is 0 Å². The summed E-state index contributed by atoms with van der Waals surface area (Å²) in [6, 6.07) is 11.7. The van der Waals surface area contributed by atoms with Crippen LogP contribution in [0.1, 0.15) is 29.7 Å². The molecule has 0 amide bonds. The van der Waals surface area contributed by atoms with Gasteiger partial charge in [-0.05, 0) is 43.2 Å². The maximum Gasteiger partial charge on any atom is 0.144 e. The molecule has 96 valence electrons. The van der Waals surface area contributed by atoms with Crippen molar-refractivity contribution in [3.05, 3.63) is 58.2 Å². The molecule has 0 fully saturated rings. The van der Waals surface area contributed by atoms with E-state index in [4.69, 9.17) is 11.6 Å². The molecule has 0 aliphatic rings. The van der Waals surface area contributed by atoms with E-state index >= 15 is 0 Å². The number of halogens is 1. The average Bonchev–Trinajstić information content (AvgIpc) is 2.39. The Labute approximate surface area is 117 Å². The van der Waals surface area contributed by atoms with Crippen molar-refractivity contribution in [3.63, 3.8) is 0 Å². The lowest BCUT2D eigenvalue weighted by Crippen LogP contribution is -2.09. The maximum absolute atomic E-state index is 9.18. The average molecular weight is 272 g/mol. The normalized spacial score (nSPS) is 11.7. The first-order valence-electron chi connectivity index (χ1n) is 5.99. The smallest absolute Gasteiger partial charge is 0.144 e. The zero-order valence-electron chi connectivity index (χ0n) is 10.8. The fourth-order valence-electron chi connectivity index (χ4n) is 1.87. The number of nitrogens with zero attached hydrogens (tertiary/aromatic N) is 2. The highest BCUT2D eigenvalue weighted by Crippen LogP contribution is 2.23. The molecule has 4 heteroatoms. The van der Waals surface area contributed by atoms with Gasteiger partial charge in [0, 0.05) is 11.2 Å². The number of hydrogen-bond donors (Lipinski definition) is 1. The fraction of sp³-hybridized carbons (Fsp3) is 0.200. The Morgan fingerprint density at radius 2 is 2.16 bits per heavy atom. The van der Waals surface area contributed by atoms with Crippen molar-refractivity contribution in [3.8, 4) is 6.07 Å². The second-order valence-corrected chi connectivity index (χ2v) is 4.82.